The van der Waals surface area contributed by atoms with E-state index >= 15 is 0 Å². The van der Waals surface area contributed by atoms with Gasteiger partial charge in [0, 0.05) is 0 Å². The fourth-order valence-electron chi connectivity index (χ4n) is 1.82. The minimum absolute atomic E-state index is 0.00563. The van der Waals surface area contributed by atoms with Crippen LogP contribution in [0.15, 0.2) is 23.4 Å². The van der Waals surface area contributed by atoms with Gasteiger partial charge in [-0.3, -0.25) is 0 Å². The number of rotatable bonds is 6. The van der Waals surface area contributed by atoms with Crippen molar-refractivity contribution in [3.63, 3.8) is 0 Å². The van der Waals surface area contributed by atoms with Crippen molar-refractivity contribution >= 4 is 12.2 Å². The smallest absolute Gasteiger partial charge is 0.221 e. The van der Waals surface area contributed by atoms with Crippen LogP contribution in [0, 0.1) is 18.6 Å². The van der Waals surface area contributed by atoms with E-state index in [1.807, 2.05) is 6.92 Å². The molecule has 1 aromatic heterocycles. The van der Waals surface area contributed by atoms with Crippen LogP contribution in [0.3, 0.4) is 0 Å². The number of ether oxygens (including phenoxy) is 1. The predicted molar refractivity (Wildman–Crippen MR) is 81.1 cm³/mol. The first-order valence-corrected chi connectivity index (χ1v) is 6.99. The van der Waals surface area contributed by atoms with Crippen LogP contribution in [0.1, 0.15) is 31.0 Å². The molecular weight excluding hydrogens is 290 g/mol. The van der Waals surface area contributed by atoms with Crippen LogP contribution >= 0.6 is 0 Å². The molecule has 0 radical (unpaired) electrons. The summed E-state index contributed by atoms with van der Waals surface area (Å²) in [5, 5.41) is 3.92. The highest BCUT2D eigenvalue weighted by molar-refractivity contribution is 5.81. The first kappa shape index (κ1) is 15.9. The van der Waals surface area contributed by atoms with Crippen molar-refractivity contribution in [2.24, 2.45) is 5.10 Å². The fraction of sp³-hybridized carbons (Fsp3) is 0.333. The highest BCUT2D eigenvalue weighted by Crippen LogP contribution is 2.22. The molecule has 2 rings (SSSR count). The number of unbranched alkanes of at least 4 members (excludes halogenated alkanes) is 1. The molecule has 0 spiro atoms. The van der Waals surface area contributed by atoms with Crippen molar-refractivity contribution in [2.75, 3.05) is 12.3 Å². The Morgan fingerprint density at radius 1 is 1.41 bits per heavy atom. The minimum Gasteiger partial charge on any atom is -0.490 e. The van der Waals surface area contributed by atoms with Gasteiger partial charge in [-0.1, -0.05) is 13.3 Å². The molecule has 0 amide bonds. The maximum atomic E-state index is 14.3. The number of hydrogen-bond donors (Lipinski definition) is 1. The molecule has 5 nitrogen and oxygen atoms in total. The lowest BCUT2D eigenvalue weighted by atomic mass is 10.2. The molecule has 0 aliphatic heterocycles. The summed E-state index contributed by atoms with van der Waals surface area (Å²) in [6, 6.07) is 2.42. The number of aryl methyl sites for hydroxylation is 1. The van der Waals surface area contributed by atoms with E-state index in [1.54, 1.807) is 13.1 Å². The Morgan fingerprint density at radius 2 is 2.18 bits per heavy atom. The van der Waals surface area contributed by atoms with Crippen LogP contribution in [0.4, 0.5) is 14.7 Å². The molecule has 22 heavy (non-hydrogen) atoms. The summed E-state index contributed by atoms with van der Waals surface area (Å²) in [5.74, 6) is -1.36. The molecule has 7 heteroatoms. The number of halogens is 2. The average molecular weight is 308 g/mol. The van der Waals surface area contributed by atoms with Crippen LogP contribution in [-0.2, 0) is 0 Å². The van der Waals surface area contributed by atoms with Gasteiger partial charge in [-0.15, -0.1) is 0 Å². The third-order valence-corrected chi connectivity index (χ3v) is 2.99. The Morgan fingerprint density at radius 3 is 2.82 bits per heavy atom. The van der Waals surface area contributed by atoms with E-state index in [1.165, 1.54) is 10.7 Å². The molecule has 0 atom stereocenters. The third kappa shape index (κ3) is 3.60. The standard InChI is InChI=1S/C15H18F2N4O/c1-3-4-7-22-13-6-5-12(16)11(14(13)17)8-19-21-9-10(2)20-15(21)18/h5-6,8-9H,3-4,7H2,1-2H3,(H2,18,20). The second kappa shape index (κ2) is 7.02. The normalized spacial score (nSPS) is 11.3. The van der Waals surface area contributed by atoms with Crippen molar-refractivity contribution in [1.29, 1.82) is 0 Å². The zero-order valence-electron chi connectivity index (χ0n) is 12.5. The van der Waals surface area contributed by atoms with Crippen molar-refractivity contribution in [2.45, 2.75) is 26.7 Å². The molecule has 0 saturated carbocycles. The van der Waals surface area contributed by atoms with Crippen LogP contribution in [0.5, 0.6) is 5.75 Å². The Balaban J connectivity index is 2.26. The second-order valence-corrected chi connectivity index (χ2v) is 4.80. The number of benzene rings is 1. The van der Waals surface area contributed by atoms with Crippen LogP contribution in [0.2, 0.25) is 0 Å². The molecule has 0 bridgehead atoms. The van der Waals surface area contributed by atoms with Gasteiger partial charge in [-0.2, -0.15) is 5.10 Å². The summed E-state index contributed by atoms with van der Waals surface area (Å²) >= 11 is 0. The van der Waals surface area contributed by atoms with Crippen molar-refractivity contribution in [1.82, 2.24) is 9.66 Å². The van der Waals surface area contributed by atoms with Gasteiger partial charge in [0.15, 0.2) is 11.6 Å². The monoisotopic (exact) mass is 308 g/mol. The van der Waals surface area contributed by atoms with Gasteiger partial charge >= 0.3 is 0 Å². The molecule has 0 aliphatic carbocycles. The van der Waals surface area contributed by atoms with Gasteiger partial charge in [-0.25, -0.2) is 18.4 Å². The number of imidazole rings is 1. The Hall–Kier alpha value is -2.44. The summed E-state index contributed by atoms with van der Waals surface area (Å²) in [6.07, 6.45) is 4.35. The largest absolute Gasteiger partial charge is 0.490 e. The van der Waals surface area contributed by atoms with Gasteiger partial charge in [0.2, 0.25) is 5.95 Å². The molecule has 0 fully saturated rings. The van der Waals surface area contributed by atoms with E-state index in [0.29, 0.717) is 12.3 Å². The van der Waals surface area contributed by atoms with Crippen molar-refractivity contribution in [3.8, 4) is 5.75 Å². The number of aromatic nitrogens is 2. The predicted octanol–water partition coefficient (Wildman–Crippen LogP) is 3.11. The molecule has 1 aromatic carbocycles. The highest BCUT2D eigenvalue weighted by Gasteiger charge is 2.13. The third-order valence-electron chi connectivity index (χ3n) is 2.99. The molecule has 0 saturated heterocycles. The maximum Gasteiger partial charge on any atom is 0.221 e. The number of nitrogen functional groups attached to an aromatic ring is 1. The molecule has 0 aliphatic rings. The zero-order valence-corrected chi connectivity index (χ0v) is 12.5. The van der Waals surface area contributed by atoms with E-state index in [-0.39, 0.29) is 17.3 Å². The quantitative estimate of drug-likeness (QED) is 0.658. The first-order valence-electron chi connectivity index (χ1n) is 6.99. The second-order valence-electron chi connectivity index (χ2n) is 4.80. The maximum absolute atomic E-state index is 14.3. The molecule has 2 aromatic rings. The molecule has 2 N–H and O–H groups in total. The highest BCUT2D eigenvalue weighted by atomic mass is 19.1. The molecule has 118 valence electrons. The molecular formula is C15H18F2N4O. The number of nitrogens with two attached hydrogens (primary N) is 1. The topological polar surface area (TPSA) is 65.4 Å². The fourth-order valence-corrected chi connectivity index (χ4v) is 1.82. The summed E-state index contributed by atoms with van der Waals surface area (Å²) in [4.78, 5) is 3.95. The summed E-state index contributed by atoms with van der Waals surface area (Å²) in [6.45, 7) is 4.12. The van der Waals surface area contributed by atoms with E-state index < -0.39 is 11.6 Å². The van der Waals surface area contributed by atoms with Crippen LogP contribution in [-0.4, -0.2) is 22.5 Å². The van der Waals surface area contributed by atoms with Gasteiger partial charge in [0.25, 0.3) is 0 Å². The minimum atomic E-state index is -0.782. The van der Waals surface area contributed by atoms with Crippen LogP contribution in [0.25, 0.3) is 0 Å². The Kier molecular flexibility index (Phi) is 5.08. The lowest BCUT2D eigenvalue weighted by molar-refractivity contribution is 0.293. The average Bonchev–Trinajstić information content (AvgIpc) is 2.79. The van der Waals surface area contributed by atoms with E-state index in [9.17, 15) is 8.78 Å². The zero-order chi connectivity index (χ0) is 16.1. The first-order chi connectivity index (χ1) is 10.5. The van der Waals surface area contributed by atoms with Crippen molar-refractivity contribution in [3.05, 3.63) is 41.2 Å². The van der Waals surface area contributed by atoms with Gasteiger partial charge < -0.3 is 10.5 Å². The van der Waals surface area contributed by atoms with Crippen LogP contribution < -0.4 is 10.5 Å². The summed E-state index contributed by atoms with van der Waals surface area (Å²) in [7, 11) is 0. The lowest BCUT2D eigenvalue weighted by Crippen LogP contribution is -2.04. The number of nitrogens with zero attached hydrogens (tertiary/aromatic N) is 3. The van der Waals surface area contributed by atoms with Gasteiger partial charge in [-0.05, 0) is 25.5 Å². The lowest BCUT2D eigenvalue weighted by Gasteiger charge is -2.08. The molecule has 1 heterocycles. The Bertz CT molecular complexity index is 682. The van der Waals surface area contributed by atoms with E-state index in [2.05, 4.69) is 10.1 Å². The molecule has 0 unspecified atom stereocenters. The SMILES string of the molecule is CCCCOc1ccc(F)c(C=Nn2cc(C)nc2N)c1F. The summed E-state index contributed by atoms with van der Waals surface area (Å²) < 4.78 is 34.6. The van der Waals surface area contributed by atoms with Crippen molar-refractivity contribution < 1.29 is 13.5 Å². The van der Waals surface area contributed by atoms with Gasteiger partial charge in [0.1, 0.15) is 5.82 Å². The summed E-state index contributed by atoms with van der Waals surface area (Å²) in [5.41, 5.74) is 6.00. The number of hydrogen-bond acceptors (Lipinski definition) is 4. The van der Waals surface area contributed by atoms with E-state index in [0.717, 1.165) is 25.1 Å². The number of anilines is 1. The van der Waals surface area contributed by atoms with E-state index in [4.69, 9.17) is 10.5 Å². The van der Waals surface area contributed by atoms with Gasteiger partial charge in [0.05, 0.1) is 30.3 Å². The Labute approximate surface area is 127 Å².